The molecule has 1 N–H and O–H groups in total. The Labute approximate surface area is 262 Å². The molecule has 3 amide bonds. The van der Waals surface area contributed by atoms with E-state index < -0.39 is 22.6 Å². The van der Waals surface area contributed by atoms with Crippen molar-refractivity contribution in [3.05, 3.63) is 72.8 Å². The van der Waals surface area contributed by atoms with Gasteiger partial charge in [0.1, 0.15) is 17.5 Å². The summed E-state index contributed by atoms with van der Waals surface area (Å²) in [5.74, 6) is -0.282. The first kappa shape index (κ1) is 30.3. The van der Waals surface area contributed by atoms with Crippen molar-refractivity contribution in [2.24, 2.45) is 11.8 Å². The lowest BCUT2D eigenvalue weighted by Crippen LogP contribution is -2.53. The van der Waals surface area contributed by atoms with Crippen LogP contribution in [0.3, 0.4) is 0 Å². The lowest BCUT2D eigenvalue weighted by Gasteiger charge is -2.35. The van der Waals surface area contributed by atoms with E-state index in [0.29, 0.717) is 44.8 Å². The summed E-state index contributed by atoms with van der Waals surface area (Å²) >= 11 is 1.58. The minimum Gasteiger partial charge on any atom is -0.497 e. The van der Waals surface area contributed by atoms with Crippen molar-refractivity contribution < 1.29 is 29.0 Å². The Morgan fingerprint density at radius 3 is 2.18 bits per heavy atom. The van der Waals surface area contributed by atoms with Gasteiger partial charge in [0.25, 0.3) is 5.91 Å². The highest BCUT2D eigenvalue weighted by Gasteiger charge is 2.71. The maximum atomic E-state index is 14.6. The van der Waals surface area contributed by atoms with Crippen LogP contribution < -0.4 is 19.3 Å². The van der Waals surface area contributed by atoms with Crippen LogP contribution >= 0.6 is 11.8 Å². The Bertz CT molecular complexity index is 1440. The lowest BCUT2D eigenvalue weighted by molar-refractivity contribution is -0.138. The zero-order valence-electron chi connectivity index (χ0n) is 25.1. The molecule has 0 aromatic heterocycles. The first-order valence-electron chi connectivity index (χ1n) is 15.4. The maximum Gasteiger partial charge on any atom is 0.251 e. The van der Waals surface area contributed by atoms with E-state index in [1.165, 1.54) is 0 Å². The Kier molecular flexibility index (Phi) is 8.73. The van der Waals surface area contributed by atoms with Crippen LogP contribution in [0, 0.1) is 11.8 Å². The van der Waals surface area contributed by atoms with Gasteiger partial charge in [-0.15, -0.1) is 11.8 Å². The van der Waals surface area contributed by atoms with E-state index in [1.54, 1.807) is 33.6 Å². The summed E-state index contributed by atoms with van der Waals surface area (Å²) in [6, 6.07) is 14.1. The average molecular weight is 618 g/mol. The summed E-state index contributed by atoms with van der Waals surface area (Å²) in [5, 5.41) is 9.09. The number of carbonyl (C=O) groups is 3. The van der Waals surface area contributed by atoms with E-state index in [1.807, 2.05) is 73.7 Å². The normalized spacial score (nSPS) is 27.6. The predicted octanol–water partition coefficient (Wildman–Crippen LogP) is 4.06. The van der Waals surface area contributed by atoms with Gasteiger partial charge >= 0.3 is 0 Å². The van der Waals surface area contributed by atoms with E-state index in [2.05, 4.69) is 6.08 Å². The average Bonchev–Trinajstić information content (AvgIpc) is 3.34. The first-order chi connectivity index (χ1) is 21.4. The molecular weight excluding hydrogens is 578 g/mol. The standard InChI is InChI=1S/C34H39N3O6S/c1-3-43-26-16-12-23(13-17-26)35-20-7-9-27-28(31(35)39)29-32(40)37(19-5-4-6-22-38)30-33(41)36(21-8-18-34(29,30)44-27)24-10-14-25(42-2)15-11-24/h7-18,27-30,38H,3-6,19-22H2,1-2H3/t27-,28+,29+,30?,34+/m1/s1. The summed E-state index contributed by atoms with van der Waals surface area (Å²) in [4.78, 5) is 48.7. The Hall–Kier alpha value is -3.76. The molecule has 0 saturated carbocycles. The molecular formula is C34H39N3O6S. The van der Waals surface area contributed by atoms with Gasteiger partial charge in [0.15, 0.2) is 0 Å². The molecule has 44 heavy (non-hydrogen) atoms. The van der Waals surface area contributed by atoms with Crippen molar-refractivity contribution in [1.82, 2.24) is 4.90 Å². The number of thioether (sulfide) groups is 1. The van der Waals surface area contributed by atoms with Crippen LogP contribution in [0.5, 0.6) is 11.5 Å². The van der Waals surface area contributed by atoms with Crippen molar-refractivity contribution in [1.29, 1.82) is 0 Å². The number of carbonyl (C=O) groups excluding carboxylic acids is 3. The van der Waals surface area contributed by atoms with E-state index >= 15 is 0 Å². The van der Waals surface area contributed by atoms with Gasteiger partial charge < -0.3 is 29.3 Å². The summed E-state index contributed by atoms with van der Waals surface area (Å²) in [6.45, 7) is 3.72. The van der Waals surface area contributed by atoms with Gasteiger partial charge in [-0.3, -0.25) is 14.4 Å². The smallest absolute Gasteiger partial charge is 0.251 e. The number of aliphatic hydroxyl groups is 1. The molecule has 6 rings (SSSR count). The second-order valence-corrected chi connectivity index (χ2v) is 13.0. The van der Waals surface area contributed by atoms with Gasteiger partial charge in [-0.2, -0.15) is 0 Å². The van der Waals surface area contributed by atoms with E-state index in [9.17, 15) is 19.5 Å². The SMILES string of the molecule is CCOc1ccc(N2CC=C[C@H]3S[C@]45C=CCN(c6ccc(OC)cc6)C(=O)C4N(CCCCCO)C(=O)[C@@H]5[C@H]3C2=O)cc1. The first-order valence-corrected chi connectivity index (χ1v) is 16.2. The number of ether oxygens (including phenoxy) is 2. The number of aliphatic hydroxyl groups excluding tert-OH is 1. The van der Waals surface area contributed by atoms with E-state index in [4.69, 9.17) is 9.47 Å². The van der Waals surface area contributed by atoms with Gasteiger partial charge in [-0.05, 0) is 74.7 Å². The molecule has 0 radical (unpaired) electrons. The monoisotopic (exact) mass is 617 g/mol. The molecule has 4 heterocycles. The lowest BCUT2D eigenvalue weighted by atomic mass is 9.78. The number of likely N-dealkylation sites (tertiary alicyclic amines) is 1. The van der Waals surface area contributed by atoms with Gasteiger partial charge in [-0.1, -0.05) is 24.3 Å². The number of hydrogen-bond donors (Lipinski definition) is 1. The minimum atomic E-state index is -0.885. The third kappa shape index (κ3) is 5.17. The molecule has 2 aromatic carbocycles. The van der Waals surface area contributed by atoms with Crippen LogP contribution in [-0.2, 0) is 14.4 Å². The van der Waals surface area contributed by atoms with E-state index in [0.717, 1.165) is 23.5 Å². The number of fused-ring (bicyclic) bond motifs is 2. The number of methoxy groups -OCH3 is 1. The number of anilines is 2. The van der Waals surface area contributed by atoms with Gasteiger partial charge in [-0.25, -0.2) is 0 Å². The van der Waals surface area contributed by atoms with Crippen LogP contribution in [-0.4, -0.2) is 83.7 Å². The molecule has 4 aliphatic rings. The highest BCUT2D eigenvalue weighted by atomic mass is 32.2. The Morgan fingerprint density at radius 1 is 0.864 bits per heavy atom. The summed E-state index contributed by atoms with van der Waals surface area (Å²) in [6.07, 6.45) is 10.1. The molecule has 9 nitrogen and oxygen atoms in total. The van der Waals surface area contributed by atoms with Crippen LogP contribution in [0.25, 0.3) is 0 Å². The highest BCUT2D eigenvalue weighted by molar-refractivity contribution is 8.02. The fraction of sp³-hybridized carbons (Fsp3) is 0.441. The van der Waals surface area contributed by atoms with Gasteiger partial charge in [0.05, 0.1) is 30.3 Å². The highest BCUT2D eigenvalue weighted by Crippen LogP contribution is 2.61. The van der Waals surface area contributed by atoms with E-state index in [-0.39, 0.29) is 29.6 Å². The molecule has 10 heteroatoms. The molecule has 2 saturated heterocycles. The van der Waals surface area contributed by atoms with Crippen LogP contribution in [0.1, 0.15) is 26.2 Å². The Balaban J connectivity index is 1.37. The number of unbranched alkanes of at least 4 members (excludes halogenated alkanes) is 2. The van der Waals surface area contributed by atoms with Gasteiger partial charge in [0, 0.05) is 42.9 Å². The Morgan fingerprint density at radius 2 is 1.52 bits per heavy atom. The van der Waals surface area contributed by atoms with Crippen molar-refractivity contribution in [3.63, 3.8) is 0 Å². The molecule has 0 aliphatic carbocycles. The zero-order valence-corrected chi connectivity index (χ0v) is 25.9. The third-order valence-corrected chi connectivity index (χ3v) is 10.8. The number of rotatable bonds is 10. The molecule has 1 spiro atoms. The minimum absolute atomic E-state index is 0.0820. The maximum absolute atomic E-state index is 14.6. The molecule has 2 aromatic rings. The summed E-state index contributed by atoms with van der Waals surface area (Å²) in [7, 11) is 1.60. The second-order valence-electron chi connectivity index (χ2n) is 11.5. The van der Waals surface area contributed by atoms with Crippen LogP contribution in [0.2, 0.25) is 0 Å². The third-order valence-electron chi connectivity index (χ3n) is 9.06. The van der Waals surface area contributed by atoms with Crippen LogP contribution in [0.4, 0.5) is 11.4 Å². The fourth-order valence-electron chi connectivity index (χ4n) is 7.06. The second kappa shape index (κ2) is 12.7. The molecule has 2 fully saturated rings. The number of hydrogen-bond acceptors (Lipinski definition) is 7. The number of benzene rings is 2. The number of nitrogens with zero attached hydrogens (tertiary/aromatic N) is 3. The topological polar surface area (TPSA) is 99.6 Å². The quantitative estimate of drug-likeness (QED) is 0.317. The zero-order chi connectivity index (χ0) is 30.8. The predicted molar refractivity (Wildman–Crippen MR) is 171 cm³/mol. The molecule has 5 atom stereocenters. The molecule has 0 bridgehead atoms. The molecule has 4 aliphatic heterocycles. The summed E-state index contributed by atoms with van der Waals surface area (Å²) in [5.41, 5.74) is 1.47. The van der Waals surface area contributed by atoms with Crippen molar-refractivity contribution >= 4 is 40.9 Å². The summed E-state index contributed by atoms with van der Waals surface area (Å²) < 4.78 is 10.0. The molecule has 232 valence electrons. The fourth-order valence-corrected chi connectivity index (χ4v) is 9.07. The van der Waals surface area contributed by atoms with Crippen LogP contribution in [0.15, 0.2) is 72.8 Å². The molecule has 1 unspecified atom stereocenters. The van der Waals surface area contributed by atoms with Gasteiger partial charge in [0.2, 0.25) is 11.8 Å². The van der Waals surface area contributed by atoms with Crippen molar-refractivity contribution in [2.45, 2.75) is 42.2 Å². The largest absolute Gasteiger partial charge is 0.497 e. The number of amides is 3. The van der Waals surface area contributed by atoms with Crippen molar-refractivity contribution in [2.75, 3.05) is 49.8 Å². The van der Waals surface area contributed by atoms with Crippen molar-refractivity contribution in [3.8, 4) is 11.5 Å².